The highest BCUT2D eigenvalue weighted by Crippen LogP contribution is 2.21. The Hall–Kier alpha value is -2.99. The van der Waals surface area contributed by atoms with Crippen molar-refractivity contribution in [2.24, 2.45) is 11.5 Å². The van der Waals surface area contributed by atoms with Gasteiger partial charge in [0.05, 0.1) is 0 Å². The molecule has 2 amide bonds. The van der Waals surface area contributed by atoms with E-state index in [1.807, 2.05) is 31.2 Å². The second-order valence-electron chi connectivity index (χ2n) is 8.28. The van der Waals surface area contributed by atoms with Crippen LogP contribution in [0.4, 0.5) is 0 Å². The topological polar surface area (TPSA) is 192 Å². The molecule has 222 valence electrons. The number of hydrogen-bond donors (Lipinski definition) is 6. The molecular formula is C27H46ClN5O6. The molecule has 0 aliphatic rings. The molecule has 2 aromatic rings. The molecule has 0 aliphatic carbocycles. The van der Waals surface area contributed by atoms with Gasteiger partial charge >= 0.3 is 11.9 Å². The third-order valence-corrected chi connectivity index (χ3v) is 5.15. The molecule has 0 bridgehead atoms. The minimum absolute atomic E-state index is 0.0680. The number of benzene rings is 1. The Kier molecular flexibility index (Phi) is 22.5. The zero-order valence-corrected chi connectivity index (χ0v) is 24.5. The number of aliphatic carboxylic acids is 2. The highest BCUT2D eigenvalue weighted by Gasteiger charge is 2.31. The lowest BCUT2D eigenvalue weighted by Gasteiger charge is -2.24. The number of carbonyl (C=O) groups excluding carboxylic acids is 2. The number of aromatic amines is 1. The van der Waals surface area contributed by atoms with E-state index in [4.69, 9.17) is 28.2 Å². The molecule has 1 heterocycles. The summed E-state index contributed by atoms with van der Waals surface area (Å²) in [5, 5.41) is 21.7. The van der Waals surface area contributed by atoms with E-state index in [0.717, 1.165) is 53.2 Å². The molecule has 0 saturated carbocycles. The van der Waals surface area contributed by atoms with Crippen LogP contribution < -0.4 is 16.8 Å². The van der Waals surface area contributed by atoms with E-state index in [1.165, 1.54) is 13.8 Å². The lowest BCUT2D eigenvalue weighted by Crippen LogP contribution is -2.48. The number of carbonyl (C=O) groups is 4. The highest BCUT2D eigenvalue weighted by atomic mass is 35.5. The van der Waals surface area contributed by atoms with Gasteiger partial charge in [-0.1, -0.05) is 45.4 Å². The van der Waals surface area contributed by atoms with Gasteiger partial charge in [-0.2, -0.15) is 0 Å². The number of hydrogen-bond acceptors (Lipinski definition) is 7. The Bertz CT molecular complexity index is 968. The molecule has 0 spiro atoms. The van der Waals surface area contributed by atoms with Crippen LogP contribution in [0.2, 0.25) is 0 Å². The molecule has 8 N–H and O–H groups in total. The van der Waals surface area contributed by atoms with Crippen LogP contribution in [0, 0.1) is 0 Å². The highest BCUT2D eigenvalue weighted by molar-refractivity contribution is 6.17. The van der Waals surface area contributed by atoms with Crippen molar-refractivity contribution >= 4 is 46.3 Å². The SMILES string of the molecule is CC(=O)N(C(C)=O)C(Cc1c[nH]c2ccccc12)C(=O)O.CCCl.CCNCC.NCCCCC(N)C(=O)O. The monoisotopic (exact) mass is 571 g/mol. The van der Waals surface area contributed by atoms with Gasteiger partial charge in [0.15, 0.2) is 0 Å². The van der Waals surface area contributed by atoms with Crippen molar-refractivity contribution in [2.45, 2.75) is 72.4 Å². The summed E-state index contributed by atoms with van der Waals surface area (Å²) in [5.74, 6) is -2.56. The first kappa shape index (κ1) is 38.2. The lowest BCUT2D eigenvalue weighted by atomic mass is 10.0. The third kappa shape index (κ3) is 16.6. The van der Waals surface area contributed by atoms with Crippen molar-refractivity contribution in [3.8, 4) is 0 Å². The summed E-state index contributed by atoms with van der Waals surface area (Å²) in [5.41, 5.74) is 12.1. The van der Waals surface area contributed by atoms with Gasteiger partial charge in [-0.25, -0.2) is 4.79 Å². The molecule has 11 nitrogen and oxygen atoms in total. The number of unbranched alkanes of at least 4 members (excludes halogenated alkanes) is 1. The molecule has 0 saturated heterocycles. The summed E-state index contributed by atoms with van der Waals surface area (Å²) >= 11 is 5.00. The van der Waals surface area contributed by atoms with Crippen LogP contribution in [0.1, 0.15) is 59.4 Å². The van der Waals surface area contributed by atoms with Gasteiger partial charge in [-0.3, -0.25) is 19.3 Å². The van der Waals surface area contributed by atoms with E-state index in [9.17, 15) is 24.3 Å². The largest absolute Gasteiger partial charge is 0.480 e. The van der Waals surface area contributed by atoms with Crippen LogP contribution in [0.15, 0.2) is 30.5 Å². The van der Waals surface area contributed by atoms with Crippen molar-refractivity contribution < 1.29 is 29.4 Å². The number of carboxylic acid groups (broad SMARTS) is 2. The number of fused-ring (bicyclic) bond motifs is 1. The zero-order valence-electron chi connectivity index (χ0n) is 23.7. The van der Waals surface area contributed by atoms with Crippen molar-refractivity contribution in [3.63, 3.8) is 0 Å². The minimum Gasteiger partial charge on any atom is -0.480 e. The van der Waals surface area contributed by atoms with E-state index in [2.05, 4.69) is 24.1 Å². The number of carboxylic acids is 2. The summed E-state index contributed by atoms with van der Waals surface area (Å²) in [6.45, 7) is 11.3. The second kappa shape index (κ2) is 22.9. The number of imide groups is 1. The fourth-order valence-electron chi connectivity index (χ4n) is 3.34. The van der Waals surface area contributed by atoms with E-state index in [-0.39, 0.29) is 6.42 Å². The molecule has 2 rings (SSSR count). The standard InChI is InChI=1S/C15H16N2O4.C6H14N2O2.C4H11N.C2H5Cl/c1-9(18)17(10(2)19)14(15(20)21)7-11-8-16-13-6-4-3-5-12(11)13;7-4-2-1-3-5(8)6(9)10;1-3-5-4-2;1-2-3/h3-6,8,14,16H,7H2,1-2H3,(H,20,21);5H,1-4,7-8H2,(H,9,10);5H,3-4H2,1-2H3;2H2,1H3. The summed E-state index contributed by atoms with van der Waals surface area (Å²) in [6, 6.07) is 5.54. The third-order valence-electron chi connectivity index (χ3n) is 5.15. The van der Waals surface area contributed by atoms with E-state index < -0.39 is 35.8 Å². The first-order chi connectivity index (χ1) is 18.4. The fourth-order valence-corrected chi connectivity index (χ4v) is 3.34. The Morgan fingerprint density at radius 2 is 1.54 bits per heavy atom. The van der Waals surface area contributed by atoms with Crippen LogP contribution in [0.5, 0.6) is 0 Å². The summed E-state index contributed by atoms with van der Waals surface area (Å²) < 4.78 is 0. The average Bonchev–Trinajstić information content (AvgIpc) is 3.28. The van der Waals surface area contributed by atoms with Gasteiger partial charge in [-0.15, -0.1) is 11.6 Å². The van der Waals surface area contributed by atoms with Gasteiger partial charge in [0.1, 0.15) is 12.1 Å². The quantitative estimate of drug-likeness (QED) is 0.174. The fraction of sp³-hybridized carbons (Fsp3) is 0.556. The number of para-hydroxylation sites is 1. The predicted octanol–water partition coefficient (Wildman–Crippen LogP) is 2.95. The van der Waals surface area contributed by atoms with Crippen molar-refractivity contribution in [2.75, 3.05) is 25.5 Å². The predicted molar refractivity (Wildman–Crippen MR) is 156 cm³/mol. The summed E-state index contributed by atoms with van der Waals surface area (Å²) in [6.07, 6.45) is 3.94. The molecule has 2 unspecified atom stereocenters. The number of H-pyrrole nitrogens is 1. The molecule has 0 radical (unpaired) electrons. The first-order valence-electron chi connectivity index (χ1n) is 13.0. The average molecular weight is 572 g/mol. The number of nitrogens with two attached hydrogens (primary N) is 2. The maximum Gasteiger partial charge on any atom is 0.327 e. The Morgan fingerprint density at radius 1 is 1.00 bits per heavy atom. The van der Waals surface area contributed by atoms with Crippen LogP contribution in [-0.2, 0) is 25.6 Å². The molecule has 1 aromatic heterocycles. The normalized spacial score (nSPS) is 11.4. The Balaban J connectivity index is 0. The zero-order chi connectivity index (χ0) is 30.4. The number of aromatic nitrogens is 1. The number of nitrogens with zero attached hydrogens (tertiary/aromatic N) is 1. The summed E-state index contributed by atoms with van der Waals surface area (Å²) in [7, 11) is 0. The van der Waals surface area contributed by atoms with E-state index in [0.29, 0.717) is 13.0 Å². The van der Waals surface area contributed by atoms with Crippen LogP contribution >= 0.6 is 11.6 Å². The number of amides is 2. The second-order valence-corrected chi connectivity index (χ2v) is 8.81. The molecule has 39 heavy (non-hydrogen) atoms. The molecule has 2 atom stereocenters. The number of alkyl halides is 1. The van der Waals surface area contributed by atoms with Gasteiger partial charge in [-0.05, 0) is 44.1 Å². The van der Waals surface area contributed by atoms with Crippen molar-refractivity contribution in [1.82, 2.24) is 15.2 Å². The van der Waals surface area contributed by atoms with Crippen molar-refractivity contribution in [1.29, 1.82) is 0 Å². The number of rotatable bonds is 11. The van der Waals surface area contributed by atoms with Gasteiger partial charge in [0.2, 0.25) is 11.8 Å². The molecule has 1 aromatic carbocycles. The minimum atomic E-state index is -1.21. The van der Waals surface area contributed by atoms with Crippen molar-refractivity contribution in [3.05, 3.63) is 36.0 Å². The Labute approximate surface area is 236 Å². The molecule has 0 fully saturated rings. The molecule has 0 aliphatic heterocycles. The Morgan fingerprint density at radius 3 is 1.95 bits per heavy atom. The maximum absolute atomic E-state index is 11.6. The van der Waals surface area contributed by atoms with Gasteiger partial charge in [0.25, 0.3) is 0 Å². The molecule has 12 heteroatoms. The number of nitrogens with one attached hydrogen (secondary N) is 2. The summed E-state index contributed by atoms with van der Waals surface area (Å²) in [4.78, 5) is 48.5. The number of halogens is 1. The van der Waals surface area contributed by atoms with Gasteiger partial charge in [0, 0.05) is 43.2 Å². The maximum atomic E-state index is 11.6. The first-order valence-corrected chi connectivity index (χ1v) is 13.5. The molecular weight excluding hydrogens is 526 g/mol. The lowest BCUT2D eigenvalue weighted by molar-refractivity contribution is -0.156. The van der Waals surface area contributed by atoms with E-state index in [1.54, 1.807) is 6.20 Å². The smallest absolute Gasteiger partial charge is 0.327 e. The van der Waals surface area contributed by atoms with Crippen LogP contribution in [0.3, 0.4) is 0 Å². The van der Waals surface area contributed by atoms with Gasteiger partial charge < -0.3 is 32.0 Å². The van der Waals surface area contributed by atoms with Crippen LogP contribution in [-0.4, -0.2) is 81.4 Å². The van der Waals surface area contributed by atoms with E-state index >= 15 is 0 Å². The van der Waals surface area contributed by atoms with Crippen LogP contribution in [0.25, 0.3) is 10.9 Å².